The highest BCUT2D eigenvalue weighted by atomic mass is 32.1. The van der Waals surface area contributed by atoms with Gasteiger partial charge in [-0.15, -0.1) is 0 Å². The van der Waals surface area contributed by atoms with Crippen molar-refractivity contribution in [2.75, 3.05) is 7.05 Å². The monoisotopic (exact) mass is 240 g/mol. The molecule has 0 fully saturated rings. The van der Waals surface area contributed by atoms with E-state index >= 15 is 0 Å². The van der Waals surface area contributed by atoms with Gasteiger partial charge in [-0.2, -0.15) is 5.10 Å². The van der Waals surface area contributed by atoms with Gasteiger partial charge in [0.05, 0.1) is 11.2 Å². The van der Waals surface area contributed by atoms with Gasteiger partial charge in [0, 0.05) is 37.8 Å². The van der Waals surface area contributed by atoms with Gasteiger partial charge in [-0.3, -0.25) is 9.58 Å². The smallest absolute Gasteiger partial charge is 0.0743 e. The minimum atomic E-state index is 0.415. The third-order valence-corrected chi connectivity index (χ3v) is 2.89. The van der Waals surface area contributed by atoms with Gasteiger partial charge in [-0.05, 0) is 13.5 Å². The molecule has 2 N–H and O–H groups in total. The molecule has 1 aromatic rings. The number of aryl methyl sites for hydroxylation is 1. The number of hydrogen-bond acceptors (Lipinski definition) is 3. The molecule has 4 nitrogen and oxygen atoms in total. The van der Waals surface area contributed by atoms with Crippen LogP contribution in [0.5, 0.6) is 0 Å². The van der Waals surface area contributed by atoms with E-state index in [1.165, 1.54) is 5.56 Å². The van der Waals surface area contributed by atoms with Crippen molar-refractivity contribution < 1.29 is 0 Å². The van der Waals surface area contributed by atoms with E-state index < -0.39 is 0 Å². The molecule has 1 unspecified atom stereocenters. The van der Waals surface area contributed by atoms with E-state index in [1.54, 1.807) is 0 Å². The zero-order chi connectivity index (χ0) is 12.1. The fourth-order valence-corrected chi connectivity index (χ4v) is 2.01. The Balaban J connectivity index is 2.55. The van der Waals surface area contributed by atoms with Crippen LogP contribution in [0, 0.1) is 0 Å². The summed E-state index contributed by atoms with van der Waals surface area (Å²) in [4.78, 5) is 2.86. The molecule has 0 amide bonds. The van der Waals surface area contributed by atoms with Crippen LogP contribution >= 0.6 is 12.2 Å². The molecule has 16 heavy (non-hydrogen) atoms. The second kappa shape index (κ2) is 5.96. The molecule has 0 aliphatic rings. The van der Waals surface area contributed by atoms with E-state index in [4.69, 9.17) is 18.0 Å². The van der Waals surface area contributed by atoms with Gasteiger partial charge in [0.1, 0.15) is 0 Å². The van der Waals surface area contributed by atoms with Crippen molar-refractivity contribution in [3.05, 3.63) is 18.0 Å². The maximum absolute atomic E-state index is 5.59. The van der Waals surface area contributed by atoms with Crippen LogP contribution in [0.3, 0.4) is 0 Å². The molecule has 1 heterocycles. The summed E-state index contributed by atoms with van der Waals surface area (Å²) >= 11 is 4.96. The molecule has 0 radical (unpaired) electrons. The Hall–Kier alpha value is -0.940. The largest absolute Gasteiger partial charge is 0.393 e. The van der Waals surface area contributed by atoms with Crippen molar-refractivity contribution in [3.8, 4) is 0 Å². The second-order valence-corrected chi connectivity index (χ2v) is 4.69. The summed E-state index contributed by atoms with van der Waals surface area (Å²) < 4.78 is 1.82. The summed E-state index contributed by atoms with van der Waals surface area (Å²) in [7, 11) is 4.02. The fourth-order valence-electron chi connectivity index (χ4n) is 1.81. The molecule has 1 rings (SSSR count). The van der Waals surface area contributed by atoms with Crippen molar-refractivity contribution in [2.24, 2.45) is 12.8 Å². The highest BCUT2D eigenvalue weighted by Gasteiger charge is 2.14. The maximum Gasteiger partial charge on any atom is 0.0743 e. The Morgan fingerprint density at radius 2 is 2.38 bits per heavy atom. The number of nitrogens with two attached hydrogens (primary N) is 1. The van der Waals surface area contributed by atoms with Crippen LogP contribution in [0.2, 0.25) is 0 Å². The first-order valence-electron chi connectivity index (χ1n) is 5.49. The lowest BCUT2D eigenvalue weighted by atomic mass is 10.1. The van der Waals surface area contributed by atoms with Crippen LogP contribution in [0.15, 0.2) is 12.4 Å². The quantitative estimate of drug-likeness (QED) is 0.762. The molecule has 0 spiro atoms. The first-order chi connectivity index (χ1) is 7.52. The Kier molecular flexibility index (Phi) is 4.89. The van der Waals surface area contributed by atoms with Crippen LogP contribution in [0.1, 0.15) is 25.3 Å². The van der Waals surface area contributed by atoms with Crippen LogP contribution < -0.4 is 5.73 Å². The zero-order valence-corrected chi connectivity index (χ0v) is 11.0. The minimum Gasteiger partial charge on any atom is -0.393 e. The first-order valence-corrected chi connectivity index (χ1v) is 5.89. The van der Waals surface area contributed by atoms with Crippen molar-refractivity contribution in [2.45, 2.75) is 32.4 Å². The van der Waals surface area contributed by atoms with E-state index in [-0.39, 0.29) is 0 Å². The molecule has 0 saturated carbocycles. The lowest BCUT2D eigenvalue weighted by Crippen LogP contribution is -2.33. The van der Waals surface area contributed by atoms with Gasteiger partial charge >= 0.3 is 0 Å². The van der Waals surface area contributed by atoms with Crippen LogP contribution in [0.4, 0.5) is 0 Å². The standard InChI is InChI=1S/C11H20N4S/c1-4-10(5-11(12)16)14(2)7-9-6-13-15(3)8-9/h6,8,10H,4-5,7H2,1-3H3,(H2,12,16). The van der Waals surface area contributed by atoms with Crippen molar-refractivity contribution in [1.29, 1.82) is 0 Å². The van der Waals surface area contributed by atoms with Gasteiger partial charge in [0.25, 0.3) is 0 Å². The molecule has 0 aliphatic carbocycles. The Morgan fingerprint density at radius 3 is 2.81 bits per heavy atom. The molecule has 5 heteroatoms. The maximum atomic E-state index is 5.59. The minimum absolute atomic E-state index is 0.415. The van der Waals surface area contributed by atoms with Crippen molar-refractivity contribution in [1.82, 2.24) is 14.7 Å². The van der Waals surface area contributed by atoms with Gasteiger partial charge < -0.3 is 5.73 Å². The predicted octanol–water partition coefficient (Wildman–Crippen LogP) is 1.31. The molecule has 1 aromatic heterocycles. The Morgan fingerprint density at radius 1 is 1.69 bits per heavy atom. The first kappa shape index (κ1) is 13.1. The molecule has 0 saturated heterocycles. The van der Waals surface area contributed by atoms with E-state index in [0.29, 0.717) is 11.0 Å². The predicted molar refractivity (Wildman–Crippen MR) is 70.2 cm³/mol. The number of hydrogen-bond donors (Lipinski definition) is 1. The lowest BCUT2D eigenvalue weighted by Gasteiger charge is -2.26. The molecule has 1 atom stereocenters. The van der Waals surface area contributed by atoms with Crippen molar-refractivity contribution in [3.63, 3.8) is 0 Å². The molecule has 0 aliphatic heterocycles. The van der Waals surface area contributed by atoms with E-state index in [0.717, 1.165) is 19.4 Å². The molecular formula is C11H20N4S. The highest BCUT2D eigenvalue weighted by Crippen LogP contribution is 2.11. The summed E-state index contributed by atoms with van der Waals surface area (Å²) in [5.74, 6) is 0. The average Bonchev–Trinajstić information content (AvgIpc) is 2.60. The number of thiocarbonyl (C=S) groups is 1. The van der Waals surface area contributed by atoms with Crippen LogP contribution in [-0.2, 0) is 13.6 Å². The third-order valence-electron chi connectivity index (χ3n) is 2.72. The number of rotatable bonds is 6. The molecule has 0 bridgehead atoms. The number of aromatic nitrogens is 2. The lowest BCUT2D eigenvalue weighted by molar-refractivity contribution is 0.233. The van der Waals surface area contributed by atoms with Gasteiger partial charge in [-0.25, -0.2) is 0 Å². The van der Waals surface area contributed by atoms with Crippen LogP contribution in [-0.4, -0.2) is 32.8 Å². The summed E-state index contributed by atoms with van der Waals surface area (Å²) in [6.45, 7) is 3.04. The zero-order valence-electron chi connectivity index (χ0n) is 10.2. The summed E-state index contributed by atoms with van der Waals surface area (Å²) in [5, 5.41) is 4.16. The summed E-state index contributed by atoms with van der Waals surface area (Å²) in [6, 6.07) is 0.415. The van der Waals surface area contributed by atoms with Gasteiger partial charge in [0.15, 0.2) is 0 Å². The molecular weight excluding hydrogens is 220 g/mol. The molecule has 0 aromatic carbocycles. The number of nitrogens with zero attached hydrogens (tertiary/aromatic N) is 3. The highest BCUT2D eigenvalue weighted by molar-refractivity contribution is 7.80. The van der Waals surface area contributed by atoms with E-state index in [2.05, 4.69) is 24.0 Å². The fraction of sp³-hybridized carbons (Fsp3) is 0.636. The second-order valence-electron chi connectivity index (χ2n) is 4.17. The normalized spacial score (nSPS) is 13.0. The topological polar surface area (TPSA) is 47.1 Å². The summed E-state index contributed by atoms with van der Waals surface area (Å²) in [5.41, 5.74) is 6.81. The average molecular weight is 240 g/mol. The van der Waals surface area contributed by atoms with Crippen molar-refractivity contribution >= 4 is 17.2 Å². The van der Waals surface area contributed by atoms with Crippen LogP contribution in [0.25, 0.3) is 0 Å². The SMILES string of the molecule is CCC(CC(N)=S)N(C)Cc1cnn(C)c1. The third kappa shape index (κ3) is 3.90. The van der Waals surface area contributed by atoms with E-state index in [9.17, 15) is 0 Å². The molecule has 90 valence electrons. The van der Waals surface area contributed by atoms with Gasteiger partial charge in [0.2, 0.25) is 0 Å². The Bertz CT molecular complexity index is 348. The van der Waals surface area contributed by atoms with E-state index in [1.807, 2.05) is 24.1 Å². The Labute approximate surface area is 102 Å². The summed E-state index contributed by atoms with van der Waals surface area (Å²) in [6.07, 6.45) is 5.75. The van der Waals surface area contributed by atoms with Gasteiger partial charge in [-0.1, -0.05) is 19.1 Å².